The number of carbonyl (C=O) groups is 1. The van der Waals surface area contributed by atoms with E-state index in [-0.39, 0.29) is 21.4 Å². The van der Waals surface area contributed by atoms with Gasteiger partial charge in [0, 0.05) is 31.5 Å². The molecule has 1 fully saturated rings. The molecule has 3 N–H and O–H groups in total. The molecule has 150 valence electrons. The van der Waals surface area contributed by atoms with E-state index in [0.29, 0.717) is 19.5 Å². The SMILES string of the molecule is CS(=O)(=O)c1cc(S(N)(=O)=O)ccc1NCc1cccc(N2CCCC2=O)c1. The van der Waals surface area contributed by atoms with Crippen LogP contribution in [0.3, 0.4) is 0 Å². The van der Waals surface area contributed by atoms with Crippen LogP contribution >= 0.6 is 0 Å². The Morgan fingerprint density at radius 2 is 1.86 bits per heavy atom. The molecule has 8 nitrogen and oxygen atoms in total. The molecule has 0 spiro atoms. The Morgan fingerprint density at radius 3 is 2.46 bits per heavy atom. The van der Waals surface area contributed by atoms with Crippen LogP contribution in [0.4, 0.5) is 11.4 Å². The van der Waals surface area contributed by atoms with Gasteiger partial charge in [0.05, 0.1) is 15.5 Å². The summed E-state index contributed by atoms with van der Waals surface area (Å²) in [5, 5.41) is 8.12. The van der Waals surface area contributed by atoms with Gasteiger partial charge in [0.25, 0.3) is 0 Å². The molecule has 1 saturated heterocycles. The van der Waals surface area contributed by atoms with Gasteiger partial charge in [-0.25, -0.2) is 22.0 Å². The third-order valence-corrected chi connectivity index (χ3v) is 6.51. The first kappa shape index (κ1) is 20.3. The maximum atomic E-state index is 12.1. The molecule has 0 radical (unpaired) electrons. The van der Waals surface area contributed by atoms with Gasteiger partial charge in [0.1, 0.15) is 0 Å². The third kappa shape index (κ3) is 4.51. The van der Waals surface area contributed by atoms with Crippen molar-refractivity contribution < 1.29 is 21.6 Å². The van der Waals surface area contributed by atoms with Crippen molar-refractivity contribution in [3.8, 4) is 0 Å². The number of hydrogen-bond acceptors (Lipinski definition) is 6. The molecule has 2 aromatic carbocycles. The number of nitrogens with two attached hydrogens (primary N) is 1. The lowest BCUT2D eigenvalue weighted by Gasteiger charge is -2.17. The van der Waals surface area contributed by atoms with E-state index in [1.54, 1.807) is 4.90 Å². The van der Waals surface area contributed by atoms with Gasteiger partial charge in [-0.2, -0.15) is 0 Å². The smallest absolute Gasteiger partial charge is 0.238 e. The van der Waals surface area contributed by atoms with Crippen LogP contribution < -0.4 is 15.4 Å². The quantitative estimate of drug-likeness (QED) is 0.725. The normalized spacial score (nSPS) is 15.1. The first-order valence-corrected chi connectivity index (χ1v) is 12.0. The number of primary sulfonamides is 1. The minimum Gasteiger partial charge on any atom is -0.380 e. The highest BCUT2D eigenvalue weighted by Crippen LogP contribution is 2.26. The Kier molecular flexibility index (Phi) is 5.46. The molecule has 1 aliphatic rings. The number of sulfone groups is 1. The van der Waals surface area contributed by atoms with Crippen LogP contribution in [0.25, 0.3) is 0 Å². The molecule has 0 bridgehead atoms. The number of anilines is 2. The number of nitrogens with one attached hydrogen (secondary N) is 1. The second-order valence-electron chi connectivity index (χ2n) is 6.65. The summed E-state index contributed by atoms with van der Waals surface area (Å²) in [5.41, 5.74) is 1.93. The summed E-state index contributed by atoms with van der Waals surface area (Å²) in [7, 11) is -7.70. The van der Waals surface area contributed by atoms with Crippen molar-refractivity contribution in [1.29, 1.82) is 0 Å². The number of amides is 1. The summed E-state index contributed by atoms with van der Waals surface area (Å²) in [6.07, 6.45) is 2.37. The molecule has 0 aromatic heterocycles. The Balaban J connectivity index is 1.86. The van der Waals surface area contributed by atoms with E-state index in [1.807, 2.05) is 24.3 Å². The number of nitrogens with zero attached hydrogens (tertiary/aromatic N) is 1. The zero-order valence-corrected chi connectivity index (χ0v) is 16.9. The summed E-state index contributed by atoms with van der Waals surface area (Å²) in [6.45, 7) is 0.982. The van der Waals surface area contributed by atoms with Gasteiger partial charge < -0.3 is 10.2 Å². The van der Waals surface area contributed by atoms with Crippen molar-refractivity contribution >= 4 is 37.1 Å². The highest BCUT2D eigenvalue weighted by Gasteiger charge is 2.22. The highest BCUT2D eigenvalue weighted by molar-refractivity contribution is 7.91. The molecule has 1 heterocycles. The van der Waals surface area contributed by atoms with Gasteiger partial charge in [-0.05, 0) is 42.3 Å². The molecule has 10 heteroatoms. The summed E-state index contributed by atoms with van der Waals surface area (Å²) < 4.78 is 47.2. The van der Waals surface area contributed by atoms with Crippen LogP contribution in [0.1, 0.15) is 18.4 Å². The van der Waals surface area contributed by atoms with Crippen LogP contribution in [-0.2, 0) is 31.2 Å². The van der Waals surface area contributed by atoms with Gasteiger partial charge in [0.2, 0.25) is 15.9 Å². The third-order valence-electron chi connectivity index (χ3n) is 4.46. The lowest BCUT2D eigenvalue weighted by molar-refractivity contribution is -0.117. The van der Waals surface area contributed by atoms with Crippen LogP contribution in [0, 0.1) is 0 Å². The van der Waals surface area contributed by atoms with Gasteiger partial charge in [-0.1, -0.05) is 12.1 Å². The Bertz CT molecular complexity index is 1130. The van der Waals surface area contributed by atoms with Crippen molar-refractivity contribution in [3.05, 3.63) is 48.0 Å². The van der Waals surface area contributed by atoms with E-state index >= 15 is 0 Å². The predicted octanol–water partition coefficient (Wildman–Crippen LogP) is 1.48. The number of benzene rings is 2. The second-order valence-corrected chi connectivity index (χ2v) is 10.2. The maximum Gasteiger partial charge on any atom is 0.238 e. The van der Waals surface area contributed by atoms with Crippen molar-refractivity contribution in [2.45, 2.75) is 29.2 Å². The van der Waals surface area contributed by atoms with E-state index in [9.17, 15) is 21.6 Å². The molecule has 28 heavy (non-hydrogen) atoms. The molecule has 0 atom stereocenters. The predicted molar refractivity (Wildman–Crippen MR) is 106 cm³/mol. The Hall–Kier alpha value is -2.43. The summed E-state index contributed by atoms with van der Waals surface area (Å²) >= 11 is 0. The van der Waals surface area contributed by atoms with E-state index in [4.69, 9.17) is 5.14 Å². The molecular weight excluding hydrogens is 402 g/mol. The average molecular weight is 424 g/mol. The second kappa shape index (κ2) is 7.53. The van der Waals surface area contributed by atoms with Crippen molar-refractivity contribution in [3.63, 3.8) is 0 Å². The fourth-order valence-electron chi connectivity index (χ4n) is 3.09. The van der Waals surface area contributed by atoms with Crippen molar-refractivity contribution in [2.24, 2.45) is 5.14 Å². The van der Waals surface area contributed by atoms with Gasteiger partial charge in [0.15, 0.2) is 9.84 Å². The van der Waals surface area contributed by atoms with Gasteiger partial charge in [-0.3, -0.25) is 4.79 Å². The Morgan fingerprint density at radius 1 is 1.11 bits per heavy atom. The van der Waals surface area contributed by atoms with E-state index < -0.39 is 19.9 Å². The van der Waals surface area contributed by atoms with Gasteiger partial charge in [-0.15, -0.1) is 0 Å². The number of hydrogen-bond donors (Lipinski definition) is 2. The van der Waals surface area contributed by atoms with E-state index in [0.717, 1.165) is 30.0 Å². The number of sulfonamides is 1. The first-order valence-electron chi connectivity index (χ1n) is 8.56. The molecule has 1 amide bonds. The zero-order chi connectivity index (χ0) is 20.5. The molecule has 2 aromatic rings. The maximum absolute atomic E-state index is 12.1. The van der Waals surface area contributed by atoms with Crippen molar-refractivity contribution in [2.75, 3.05) is 23.0 Å². The summed E-state index contributed by atoms with van der Waals surface area (Å²) in [4.78, 5) is 13.2. The molecular formula is C18H21N3O5S2. The largest absolute Gasteiger partial charge is 0.380 e. The zero-order valence-electron chi connectivity index (χ0n) is 15.3. The van der Waals surface area contributed by atoms with Crippen LogP contribution in [0.15, 0.2) is 52.3 Å². The van der Waals surface area contributed by atoms with Crippen LogP contribution in [-0.4, -0.2) is 35.5 Å². The minimum atomic E-state index is -4.02. The van der Waals surface area contributed by atoms with E-state index in [1.165, 1.54) is 12.1 Å². The molecule has 0 saturated carbocycles. The van der Waals surface area contributed by atoms with Crippen molar-refractivity contribution in [1.82, 2.24) is 0 Å². The molecule has 3 rings (SSSR count). The lowest BCUT2D eigenvalue weighted by atomic mass is 10.2. The van der Waals surface area contributed by atoms with Crippen LogP contribution in [0.5, 0.6) is 0 Å². The molecule has 0 aliphatic carbocycles. The monoisotopic (exact) mass is 423 g/mol. The van der Waals surface area contributed by atoms with Crippen LogP contribution in [0.2, 0.25) is 0 Å². The number of rotatable bonds is 6. The van der Waals surface area contributed by atoms with E-state index in [2.05, 4.69) is 5.32 Å². The molecule has 1 aliphatic heterocycles. The van der Waals surface area contributed by atoms with Gasteiger partial charge >= 0.3 is 0 Å². The summed E-state index contributed by atoms with van der Waals surface area (Å²) in [5.74, 6) is 0.0862. The fourth-order valence-corrected chi connectivity index (χ4v) is 4.58. The fraction of sp³-hybridized carbons (Fsp3) is 0.278. The Labute approximate surface area is 164 Å². The average Bonchev–Trinajstić information content (AvgIpc) is 3.04. The highest BCUT2D eigenvalue weighted by atomic mass is 32.2. The topological polar surface area (TPSA) is 127 Å². The first-order chi connectivity index (χ1) is 13.1. The standard InChI is InChI=1S/C18H21N3O5S2/c1-27(23,24)17-11-15(28(19,25)26)7-8-16(17)20-12-13-4-2-5-14(10-13)21-9-3-6-18(21)22/h2,4-5,7-8,10-11,20H,3,6,9,12H2,1H3,(H2,19,25,26). The lowest BCUT2D eigenvalue weighted by Crippen LogP contribution is -2.23. The number of carbonyl (C=O) groups excluding carboxylic acids is 1. The summed E-state index contributed by atoms with van der Waals surface area (Å²) in [6, 6.07) is 11.1. The molecule has 0 unspecified atom stereocenters. The minimum absolute atomic E-state index is 0.0862.